The molecule has 150 valence electrons. The number of pyridine rings is 1. The van der Waals surface area contributed by atoms with Gasteiger partial charge in [0.15, 0.2) is 11.5 Å². The first kappa shape index (κ1) is 19.0. The fraction of sp³-hybridized carbons (Fsp3) is 0.500. The van der Waals surface area contributed by atoms with Gasteiger partial charge in [-0.1, -0.05) is 0 Å². The number of nitrogens with zero attached hydrogens (tertiary/aromatic N) is 2. The van der Waals surface area contributed by atoms with Gasteiger partial charge >= 0.3 is 0 Å². The van der Waals surface area contributed by atoms with Crippen LogP contribution in [-0.4, -0.2) is 43.3 Å². The van der Waals surface area contributed by atoms with Crippen molar-refractivity contribution in [2.24, 2.45) is 5.92 Å². The van der Waals surface area contributed by atoms with E-state index >= 15 is 0 Å². The average molecular weight is 386 g/mol. The molecule has 0 unspecified atom stereocenters. The summed E-state index contributed by atoms with van der Waals surface area (Å²) in [7, 11) is 1.65. The van der Waals surface area contributed by atoms with Gasteiger partial charge in [0.1, 0.15) is 19.0 Å². The molecular weight excluding hydrogens is 359 g/mol. The first-order chi connectivity index (χ1) is 13.5. The second-order valence-electron chi connectivity index (χ2n) is 7.71. The van der Waals surface area contributed by atoms with Crippen molar-refractivity contribution in [3.63, 3.8) is 0 Å². The smallest absolute Gasteiger partial charge is 0.213 e. The highest BCUT2D eigenvalue weighted by atomic mass is 19.1. The molecule has 0 aliphatic carbocycles. The molecule has 2 aliphatic heterocycles. The molecular formula is C22H27FN2O3. The van der Waals surface area contributed by atoms with Crippen LogP contribution in [0.3, 0.4) is 0 Å². The first-order valence-corrected chi connectivity index (χ1v) is 9.88. The van der Waals surface area contributed by atoms with Crippen LogP contribution >= 0.6 is 0 Å². The SMILES string of the molecule is COc1cc(C[C@H]2CCN([C@H](C)c3cc4c(cc3F)OCCO4)C2)cc(C)n1. The number of halogens is 1. The van der Waals surface area contributed by atoms with Gasteiger partial charge in [0, 0.05) is 36.0 Å². The number of benzene rings is 1. The Hall–Kier alpha value is -2.34. The largest absolute Gasteiger partial charge is 0.486 e. The zero-order chi connectivity index (χ0) is 19.7. The Kier molecular flexibility index (Phi) is 5.40. The topological polar surface area (TPSA) is 43.8 Å². The van der Waals surface area contributed by atoms with Crippen molar-refractivity contribution in [1.29, 1.82) is 0 Å². The Morgan fingerprint density at radius 3 is 2.71 bits per heavy atom. The molecule has 6 heteroatoms. The maximum atomic E-state index is 14.7. The van der Waals surface area contributed by atoms with Crippen LogP contribution in [-0.2, 0) is 6.42 Å². The zero-order valence-corrected chi connectivity index (χ0v) is 16.7. The van der Waals surface area contributed by atoms with E-state index in [0.717, 1.165) is 31.6 Å². The predicted octanol–water partition coefficient (Wildman–Crippen LogP) is 3.93. The first-order valence-electron chi connectivity index (χ1n) is 9.88. The van der Waals surface area contributed by atoms with E-state index in [0.29, 0.717) is 42.1 Å². The minimum absolute atomic E-state index is 0.00506. The van der Waals surface area contributed by atoms with Crippen molar-refractivity contribution in [3.8, 4) is 17.4 Å². The monoisotopic (exact) mass is 386 g/mol. The lowest BCUT2D eigenvalue weighted by molar-refractivity contribution is 0.169. The molecule has 0 amide bonds. The van der Waals surface area contributed by atoms with Crippen molar-refractivity contribution in [2.45, 2.75) is 32.7 Å². The molecule has 2 aliphatic rings. The number of hydrogen-bond acceptors (Lipinski definition) is 5. The van der Waals surface area contributed by atoms with Crippen molar-refractivity contribution < 1.29 is 18.6 Å². The standard InChI is InChI=1S/C22H27FN2O3/c1-14-8-17(10-22(24-14)26-3)9-16-4-5-25(13-16)15(2)18-11-20-21(12-19(18)23)28-7-6-27-20/h8,10-12,15-16H,4-7,9,13H2,1-3H3/t15-,16-/m1/s1. The molecule has 1 aromatic carbocycles. The van der Waals surface area contributed by atoms with Crippen molar-refractivity contribution in [1.82, 2.24) is 9.88 Å². The molecule has 0 radical (unpaired) electrons. The fourth-order valence-electron chi connectivity index (χ4n) is 4.24. The molecule has 1 saturated heterocycles. The number of rotatable bonds is 5. The Morgan fingerprint density at radius 2 is 1.96 bits per heavy atom. The molecule has 28 heavy (non-hydrogen) atoms. The summed E-state index contributed by atoms with van der Waals surface area (Å²) in [5.41, 5.74) is 2.89. The summed E-state index contributed by atoms with van der Waals surface area (Å²) in [4.78, 5) is 6.71. The summed E-state index contributed by atoms with van der Waals surface area (Å²) in [6.07, 6.45) is 2.08. The molecule has 0 saturated carbocycles. The van der Waals surface area contributed by atoms with E-state index < -0.39 is 0 Å². The number of hydrogen-bond donors (Lipinski definition) is 0. The van der Waals surface area contributed by atoms with Gasteiger partial charge in [-0.2, -0.15) is 0 Å². The van der Waals surface area contributed by atoms with Crippen LogP contribution < -0.4 is 14.2 Å². The summed E-state index contributed by atoms with van der Waals surface area (Å²) in [6.45, 7) is 6.93. The summed E-state index contributed by atoms with van der Waals surface area (Å²) >= 11 is 0. The third kappa shape index (κ3) is 3.92. The molecule has 4 rings (SSSR count). The lowest BCUT2D eigenvalue weighted by atomic mass is 9.98. The van der Waals surface area contributed by atoms with Gasteiger partial charge in [0.25, 0.3) is 0 Å². The molecule has 3 heterocycles. The molecule has 2 atom stereocenters. The zero-order valence-electron chi connectivity index (χ0n) is 16.7. The number of fused-ring (bicyclic) bond motifs is 1. The third-order valence-electron chi connectivity index (χ3n) is 5.70. The van der Waals surface area contributed by atoms with E-state index in [1.54, 1.807) is 13.2 Å². The normalized spacial score (nSPS) is 20.2. The molecule has 0 N–H and O–H groups in total. The van der Waals surface area contributed by atoms with E-state index in [4.69, 9.17) is 14.2 Å². The van der Waals surface area contributed by atoms with Gasteiger partial charge < -0.3 is 14.2 Å². The van der Waals surface area contributed by atoms with Crippen LogP contribution in [0.5, 0.6) is 17.4 Å². The Morgan fingerprint density at radius 1 is 1.21 bits per heavy atom. The van der Waals surface area contributed by atoms with Crippen LogP contribution in [0.25, 0.3) is 0 Å². The summed E-state index contributed by atoms with van der Waals surface area (Å²) in [5.74, 6) is 2.12. The van der Waals surface area contributed by atoms with Crippen molar-refractivity contribution in [2.75, 3.05) is 33.4 Å². The molecule has 1 aromatic heterocycles. The van der Waals surface area contributed by atoms with Crippen molar-refractivity contribution in [3.05, 3.63) is 46.9 Å². The molecule has 5 nitrogen and oxygen atoms in total. The van der Waals surface area contributed by atoms with E-state index in [9.17, 15) is 4.39 Å². The van der Waals surface area contributed by atoms with Gasteiger partial charge in [0.05, 0.1) is 7.11 Å². The van der Waals surface area contributed by atoms with E-state index in [1.807, 2.05) is 13.0 Å². The quantitative estimate of drug-likeness (QED) is 0.779. The van der Waals surface area contributed by atoms with Crippen LogP contribution in [0.2, 0.25) is 0 Å². The van der Waals surface area contributed by atoms with Gasteiger partial charge in [-0.3, -0.25) is 4.90 Å². The maximum absolute atomic E-state index is 14.7. The van der Waals surface area contributed by atoms with Crippen LogP contribution in [0.1, 0.15) is 36.2 Å². The van der Waals surface area contributed by atoms with Gasteiger partial charge in [-0.25, -0.2) is 9.37 Å². The highest BCUT2D eigenvalue weighted by molar-refractivity contribution is 5.45. The summed E-state index contributed by atoms with van der Waals surface area (Å²) in [5, 5.41) is 0. The number of methoxy groups -OCH3 is 1. The van der Waals surface area contributed by atoms with Crippen molar-refractivity contribution >= 4 is 0 Å². The number of likely N-dealkylation sites (tertiary alicyclic amines) is 1. The minimum Gasteiger partial charge on any atom is -0.486 e. The van der Waals surface area contributed by atoms with Crippen LogP contribution in [0, 0.1) is 18.7 Å². The number of aryl methyl sites for hydroxylation is 1. The van der Waals surface area contributed by atoms with Gasteiger partial charge in [-0.15, -0.1) is 0 Å². The van der Waals surface area contributed by atoms with Crippen LogP contribution in [0.4, 0.5) is 4.39 Å². The summed E-state index contributed by atoms with van der Waals surface area (Å²) < 4.78 is 31.1. The van der Waals surface area contributed by atoms with Gasteiger partial charge in [-0.05, 0) is 56.8 Å². The number of aromatic nitrogens is 1. The predicted molar refractivity (Wildman–Crippen MR) is 105 cm³/mol. The third-order valence-corrected chi connectivity index (χ3v) is 5.70. The highest BCUT2D eigenvalue weighted by Crippen LogP contribution is 2.37. The molecule has 0 bridgehead atoms. The van der Waals surface area contributed by atoms with Gasteiger partial charge in [0.2, 0.25) is 5.88 Å². The minimum atomic E-state index is -0.227. The lowest BCUT2D eigenvalue weighted by Gasteiger charge is -2.27. The Balaban J connectivity index is 1.45. The number of ether oxygens (including phenoxy) is 3. The Labute approximate surface area is 165 Å². The maximum Gasteiger partial charge on any atom is 0.213 e. The second kappa shape index (κ2) is 7.95. The average Bonchev–Trinajstić information content (AvgIpc) is 3.14. The molecule has 2 aromatic rings. The van der Waals surface area contributed by atoms with E-state index in [1.165, 1.54) is 11.6 Å². The molecule has 1 fully saturated rings. The van der Waals surface area contributed by atoms with Crippen LogP contribution in [0.15, 0.2) is 24.3 Å². The second-order valence-corrected chi connectivity index (χ2v) is 7.71. The van der Waals surface area contributed by atoms with E-state index in [2.05, 4.69) is 22.9 Å². The molecule has 0 spiro atoms. The Bertz CT molecular complexity index is 858. The van der Waals surface area contributed by atoms with E-state index in [-0.39, 0.29) is 11.9 Å². The fourth-order valence-corrected chi connectivity index (χ4v) is 4.24. The lowest BCUT2D eigenvalue weighted by Crippen LogP contribution is -2.26. The highest BCUT2D eigenvalue weighted by Gasteiger charge is 2.29. The summed E-state index contributed by atoms with van der Waals surface area (Å²) in [6, 6.07) is 7.39.